The zero-order valence-corrected chi connectivity index (χ0v) is 14.2. The van der Waals surface area contributed by atoms with Crippen LogP contribution in [0.2, 0.25) is 5.02 Å². The van der Waals surface area contributed by atoms with Crippen molar-refractivity contribution in [3.63, 3.8) is 0 Å². The topological polar surface area (TPSA) is 81.8 Å². The Morgan fingerprint density at radius 2 is 1.96 bits per heavy atom. The lowest BCUT2D eigenvalue weighted by Gasteiger charge is -2.31. The largest absolute Gasteiger partial charge is 0.358 e. The number of benzene rings is 1. The van der Waals surface area contributed by atoms with Crippen LogP contribution >= 0.6 is 11.6 Å². The molecular formula is C18H17ClN4O2. The smallest absolute Gasteiger partial charge is 0.274 e. The van der Waals surface area contributed by atoms with Crippen LogP contribution in [0.4, 0.5) is 0 Å². The van der Waals surface area contributed by atoms with Crippen LogP contribution in [0.25, 0.3) is 10.9 Å². The van der Waals surface area contributed by atoms with Gasteiger partial charge in [-0.05, 0) is 43.2 Å². The zero-order chi connectivity index (χ0) is 17.4. The Bertz CT molecular complexity index is 966. The molecule has 0 saturated carbocycles. The maximum absolute atomic E-state index is 12.5. The van der Waals surface area contributed by atoms with E-state index in [0.717, 1.165) is 28.8 Å². The number of likely N-dealkylation sites (tertiary alicyclic amines) is 1. The molecule has 1 aliphatic rings. The van der Waals surface area contributed by atoms with Crippen molar-refractivity contribution in [3.05, 3.63) is 63.2 Å². The highest BCUT2D eigenvalue weighted by Crippen LogP contribution is 2.31. The van der Waals surface area contributed by atoms with E-state index in [-0.39, 0.29) is 17.2 Å². The number of amides is 1. The molecule has 7 heteroatoms. The maximum atomic E-state index is 12.5. The van der Waals surface area contributed by atoms with Gasteiger partial charge >= 0.3 is 0 Å². The van der Waals surface area contributed by atoms with Gasteiger partial charge < -0.3 is 9.88 Å². The third-order valence-electron chi connectivity index (χ3n) is 4.72. The van der Waals surface area contributed by atoms with E-state index < -0.39 is 0 Å². The van der Waals surface area contributed by atoms with Gasteiger partial charge in [0.2, 0.25) is 0 Å². The molecule has 2 aromatic heterocycles. The number of nitrogens with one attached hydrogen (secondary N) is 2. The van der Waals surface area contributed by atoms with Crippen LogP contribution in [0, 0.1) is 0 Å². The lowest BCUT2D eigenvalue weighted by atomic mass is 9.93. The molecule has 0 bridgehead atoms. The summed E-state index contributed by atoms with van der Waals surface area (Å²) in [4.78, 5) is 28.8. The number of aromatic nitrogens is 3. The average molecular weight is 357 g/mol. The number of H-pyrrole nitrogens is 2. The van der Waals surface area contributed by atoms with Gasteiger partial charge in [0.25, 0.3) is 11.5 Å². The van der Waals surface area contributed by atoms with E-state index in [1.54, 1.807) is 4.90 Å². The summed E-state index contributed by atoms with van der Waals surface area (Å²) in [5.74, 6) is 0.247. The molecular weight excluding hydrogens is 340 g/mol. The minimum absolute atomic E-state index is 0.141. The van der Waals surface area contributed by atoms with Gasteiger partial charge in [-0.1, -0.05) is 11.6 Å². The Hall–Kier alpha value is -2.60. The molecule has 0 unspecified atom stereocenters. The molecule has 1 aliphatic heterocycles. The van der Waals surface area contributed by atoms with Crippen molar-refractivity contribution < 1.29 is 4.79 Å². The fourth-order valence-corrected chi connectivity index (χ4v) is 3.55. The van der Waals surface area contributed by atoms with Crippen LogP contribution < -0.4 is 5.56 Å². The molecule has 1 amide bonds. The molecule has 0 radical (unpaired) electrons. The van der Waals surface area contributed by atoms with Gasteiger partial charge in [0.05, 0.1) is 0 Å². The average Bonchev–Trinajstić information content (AvgIpc) is 3.05. The number of halogens is 1. The monoisotopic (exact) mass is 356 g/mol. The summed E-state index contributed by atoms with van der Waals surface area (Å²) in [6, 6.07) is 10.8. The van der Waals surface area contributed by atoms with Crippen molar-refractivity contribution in [2.45, 2.75) is 18.8 Å². The van der Waals surface area contributed by atoms with Crippen LogP contribution in [-0.2, 0) is 0 Å². The van der Waals surface area contributed by atoms with Crippen molar-refractivity contribution >= 4 is 28.4 Å². The maximum Gasteiger partial charge on any atom is 0.274 e. The molecule has 0 atom stereocenters. The highest BCUT2D eigenvalue weighted by atomic mass is 35.5. The second-order valence-electron chi connectivity index (χ2n) is 6.33. The Balaban J connectivity index is 1.46. The summed E-state index contributed by atoms with van der Waals surface area (Å²) in [7, 11) is 0. The van der Waals surface area contributed by atoms with Crippen LogP contribution in [0.3, 0.4) is 0 Å². The second-order valence-corrected chi connectivity index (χ2v) is 6.77. The Morgan fingerprint density at radius 1 is 1.16 bits per heavy atom. The Labute approximate surface area is 148 Å². The van der Waals surface area contributed by atoms with Gasteiger partial charge in [-0.25, -0.2) is 5.10 Å². The van der Waals surface area contributed by atoms with Crippen LogP contribution in [0.5, 0.6) is 0 Å². The number of piperidine rings is 1. The van der Waals surface area contributed by atoms with E-state index in [4.69, 9.17) is 11.6 Å². The predicted molar refractivity (Wildman–Crippen MR) is 96.0 cm³/mol. The fraction of sp³-hybridized carbons (Fsp3) is 0.278. The third kappa shape index (κ3) is 3.17. The number of hydrogen-bond donors (Lipinski definition) is 2. The summed E-state index contributed by atoms with van der Waals surface area (Å²) >= 11 is 6.05. The first kappa shape index (κ1) is 15.9. The van der Waals surface area contributed by atoms with Crippen molar-refractivity contribution in [2.75, 3.05) is 13.1 Å². The molecule has 0 aliphatic carbocycles. The number of fused-ring (bicyclic) bond motifs is 1. The van der Waals surface area contributed by atoms with E-state index in [9.17, 15) is 9.59 Å². The second kappa shape index (κ2) is 6.37. The normalized spacial score (nSPS) is 15.6. The molecule has 128 valence electrons. The molecule has 2 N–H and O–H groups in total. The van der Waals surface area contributed by atoms with Gasteiger partial charge in [0.15, 0.2) is 0 Å². The molecule has 6 nitrogen and oxygen atoms in total. The molecule has 25 heavy (non-hydrogen) atoms. The lowest BCUT2D eigenvalue weighted by molar-refractivity contribution is 0.0705. The first-order valence-corrected chi connectivity index (χ1v) is 8.61. The van der Waals surface area contributed by atoms with Crippen LogP contribution in [0.1, 0.15) is 34.9 Å². The van der Waals surface area contributed by atoms with E-state index in [2.05, 4.69) is 21.2 Å². The summed E-state index contributed by atoms with van der Waals surface area (Å²) in [5, 5.41) is 7.96. The number of rotatable bonds is 2. The van der Waals surface area contributed by atoms with E-state index >= 15 is 0 Å². The molecule has 0 spiro atoms. The van der Waals surface area contributed by atoms with E-state index in [1.807, 2.05) is 18.2 Å². The molecule has 1 saturated heterocycles. The van der Waals surface area contributed by atoms with E-state index in [1.165, 1.54) is 17.8 Å². The van der Waals surface area contributed by atoms with Gasteiger partial charge in [-0.3, -0.25) is 9.59 Å². The fourth-order valence-electron chi connectivity index (χ4n) is 3.37. The number of aromatic amines is 2. The molecule has 3 aromatic rings. The van der Waals surface area contributed by atoms with Crippen LogP contribution in [0.15, 0.2) is 41.2 Å². The van der Waals surface area contributed by atoms with Gasteiger partial charge in [-0.15, -0.1) is 0 Å². The Morgan fingerprint density at radius 3 is 2.68 bits per heavy atom. The summed E-state index contributed by atoms with van der Waals surface area (Å²) in [6.07, 6.45) is 1.77. The van der Waals surface area contributed by atoms with Gasteiger partial charge in [0, 0.05) is 46.7 Å². The third-order valence-corrected chi connectivity index (χ3v) is 4.96. The molecule has 3 heterocycles. The first-order valence-electron chi connectivity index (χ1n) is 8.23. The Kier molecular flexibility index (Phi) is 4.05. The van der Waals surface area contributed by atoms with Crippen molar-refractivity contribution in [1.29, 1.82) is 0 Å². The van der Waals surface area contributed by atoms with Crippen molar-refractivity contribution in [1.82, 2.24) is 20.1 Å². The first-order chi connectivity index (χ1) is 12.1. The highest BCUT2D eigenvalue weighted by Gasteiger charge is 2.26. The SMILES string of the molecule is O=C(c1ccc(=O)[nH]n1)N1CCC(c2cc3cc(Cl)ccc3[nH]2)CC1. The highest BCUT2D eigenvalue weighted by molar-refractivity contribution is 6.31. The number of carbonyl (C=O) groups is 1. The number of nitrogens with zero attached hydrogens (tertiary/aromatic N) is 2. The quantitative estimate of drug-likeness (QED) is 0.740. The molecule has 1 fully saturated rings. The minimum atomic E-state index is -0.311. The predicted octanol–water partition coefficient (Wildman–Crippen LogP) is 2.92. The summed E-state index contributed by atoms with van der Waals surface area (Å²) in [5.41, 5.74) is 2.23. The summed E-state index contributed by atoms with van der Waals surface area (Å²) < 4.78 is 0. The minimum Gasteiger partial charge on any atom is -0.358 e. The van der Waals surface area contributed by atoms with E-state index in [0.29, 0.717) is 19.0 Å². The lowest BCUT2D eigenvalue weighted by Crippen LogP contribution is -2.38. The van der Waals surface area contributed by atoms with Crippen LogP contribution in [-0.4, -0.2) is 39.1 Å². The van der Waals surface area contributed by atoms with Gasteiger partial charge in [-0.2, -0.15) is 5.10 Å². The van der Waals surface area contributed by atoms with Gasteiger partial charge in [0.1, 0.15) is 5.69 Å². The molecule has 1 aromatic carbocycles. The number of carbonyl (C=O) groups excluding carboxylic acids is 1. The standard InChI is InChI=1S/C18H17ClN4O2/c19-13-1-2-14-12(9-13)10-16(20-14)11-5-7-23(8-6-11)18(25)15-3-4-17(24)22-21-15/h1-4,9-11,20H,5-8H2,(H,22,24). The van der Waals surface area contributed by atoms with Crippen molar-refractivity contribution in [2.24, 2.45) is 0 Å². The summed E-state index contributed by atoms with van der Waals surface area (Å²) in [6.45, 7) is 1.33. The zero-order valence-electron chi connectivity index (χ0n) is 13.5. The molecule has 4 rings (SSSR count). The number of hydrogen-bond acceptors (Lipinski definition) is 3. The van der Waals surface area contributed by atoms with Crippen molar-refractivity contribution in [3.8, 4) is 0 Å².